The maximum Gasteiger partial charge on any atom is 0.347 e. The van der Waals surface area contributed by atoms with Crippen molar-refractivity contribution in [3.63, 3.8) is 0 Å². The molecule has 0 fully saturated rings. The van der Waals surface area contributed by atoms with Gasteiger partial charge in [-0.1, -0.05) is 6.92 Å². The molecule has 1 atom stereocenters. The number of primary amides is 1. The number of esters is 2. The van der Waals surface area contributed by atoms with Gasteiger partial charge < -0.3 is 20.0 Å². The van der Waals surface area contributed by atoms with E-state index in [-0.39, 0.29) is 25.0 Å². The number of ketones is 1. The number of ether oxygens (including phenoxy) is 2. The molecule has 102 valence electrons. The maximum absolute atomic E-state index is 11.4. The van der Waals surface area contributed by atoms with Crippen molar-refractivity contribution in [2.45, 2.75) is 39.2 Å². The summed E-state index contributed by atoms with van der Waals surface area (Å²) in [7, 11) is 0. The van der Waals surface area contributed by atoms with Gasteiger partial charge in [0, 0.05) is 6.42 Å². The number of carbonyl (C=O) groups is 4. The quantitative estimate of drug-likeness (QED) is 0.599. The molecule has 0 radical (unpaired) electrons. The number of hydrogen-bond acceptors (Lipinski definition) is 6. The predicted molar refractivity (Wildman–Crippen MR) is 60.2 cm³/mol. The Kier molecular flexibility index (Phi) is 7.34. The lowest BCUT2D eigenvalue weighted by atomic mass is 10.2. The van der Waals surface area contributed by atoms with Gasteiger partial charge in [-0.25, -0.2) is 4.79 Å². The normalized spacial score (nSPS) is 11.4. The van der Waals surface area contributed by atoms with Gasteiger partial charge in [-0.3, -0.25) is 9.59 Å². The highest BCUT2D eigenvalue weighted by atomic mass is 16.6. The first kappa shape index (κ1) is 16.1. The number of Topliss-reactive ketones (excluding diaryl/α,β-unsaturated/α-hetero) is 1. The molecule has 0 aliphatic rings. The number of rotatable bonds is 8. The van der Waals surface area contributed by atoms with Crippen molar-refractivity contribution in [2.24, 2.45) is 5.73 Å². The van der Waals surface area contributed by atoms with Crippen LogP contribution in [-0.4, -0.2) is 36.3 Å². The fraction of sp³-hybridized carbons (Fsp3) is 0.636. The van der Waals surface area contributed by atoms with Gasteiger partial charge in [0.25, 0.3) is 5.91 Å². The number of hydrogen-bond donors (Lipinski definition) is 1. The minimum Gasteiger partial charge on any atom is -0.453 e. The average molecular weight is 259 g/mol. The zero-order chi connectivity index (χ0) is 14.1. The van der Waals surface area contributed by atoms with Gasteiger partial charge in [0.15, 0.2) is 12.7 Å². The zero-order valence-electron chi connectivity index (χ0n) is 10.4. The van der Waals surface area contributed by atoms with Crippen LogP contribution in [0.15, 0.2) is 0 Å². The second-order valence-corrected chi connectivity index (χ2v) is 3.66. The van der Waals surface area contributed by atoms with Gasteiger partial charge >= 0.3 is 11.9 Å². The Hall–Kier alpha value is -1.92. The molecule has 0 aromatic carbocycles. The van der Waals surface area contributed by atoms with Gasteiger partial charge in [-0.15, -0.1) is 0 Å². The molecule has 0 heterocycles. The lowest BCUT2D eigenvalue weighted by Crippen LogP contribution is -2.31. The molecule has 0 aromatic rings. The monoisotopic (exact) mass is 259 g/mol. The van der Waals surface area contributed by atoms with Gasteiger partial charge in [-0.05, 0) is 13.3 Å². The summed E-state index contributed by atoms with van der Waals surface area (Å²) in [6, 6.07) is 0. The summed E-state index contributed by atoms with van der Waals surface area (Å²) in [5, 5.41) is 0. The highest BCUT2D eigenvalue weighted by Gasteiger charge is 2.23. The zero-order valence-corrected chi connectivity index (χ0v) is 10.4. The van der Waals surface area contributed by atoms with Crippen LogP contribution < -0.4 is 5.73 Å². The largest absolute Gasteiger partial charge is 0.453 e. The summed E-state index contributed by atoms with van der Waals surface area (Å²) in [4.78, 5) is 43.7. The van der Waals surface area contributed by atoms with E-state index in [0.29, 0.717) is 0 Å². The van der Waals surface area contributed by atoms with Crippen LogP contribution in [0.3, 0.4) is 0 Å². The maximum atomic E-state index is 11.4. The second kappa shape index (κ2) is 8.21. The smallest absolute Gasteiger partial charge is 0.347 e. The Balaban J connectivity index is 4.16. The van der Waals surface area contributed by atoms with Crippen LogP contribution in [0.25, 0.3) is 0 Å². The molecule has 0 bridgehead atoms. The molecule has 0 spiro atoms. The Labute approximate surface area is 105 Å². The van der Waals surface area contributed by atoms with Gasteiger partial charge in [0.05, 0.1) is 6.42 Å². The molecular weight excluding hydrogens is 242 g/mol. The van der Waals surface area contributed by atoms with E-state index in [2.05, 4.69) is 4.74 Å². The van der Waals surface area contributed by atoms with Crippen molar-refractivity contribution in [1.82, 2.24) is 0 Å². The average Bonchev–Trinajstić information content (AvgIpc) is 2.30. The molecule has 7 heteroatoms. The molecule has 0 aliphatic heterocycles. The van der Waals surface area contributed by atoms with Crippen molar-refractivity contribution in [3.8, 4) is 0 Å². The van der Waals surface area contributed by atoms with E-state index in [1.54, 1.807) is 6.92 Å². The molecule has 0 saturated carbocycles. The topological polar surface area (TPSA) is 113 Å². The van der Waals surface area contributed by atoms with Gasteiger partial charge in [0.1, 0.15) is 5.78 Å². The van der Waals surface area contributed by atoms with Crippen LogP contribution in [0.1, 0.15) is 33.1 Å². The van der Waals surface area contributed by atoms with Crippen LogP contribution in [0, 0.1) is 0 Å². The highest BCUT2D eigenvalue weighted by molar-refractivity contribution is 5.84. The van der Waals surface area contributed by atoms with E-state index in [4.69, 9.17) is 10.5 Å². The minimum atomic E-state index is -1.08. The summed E-state index contributed by atoms with van der Waals surface area (Å²) in [6.45, 7) is 2.42. The molecule has 0 aromatic heterocycles. The van der Waals surface area contributed by atoms with Gasteiger partial charge in [0.2, 0.25) is 0 Å². The highest BCUT2D eigenvalue weighted by Crippen LogP contribution is 2.04. The Morgan fingerprint density at radius 1 is 1.17 bits per heavy atom. The minimum absolute atomic E-state index is 0.0611. The van der Waals surface area contributed by atoms with Crippen molar-refractivity contribution >= 4 is 23.6 Å². The third kappa shape index (κ3) is 7.37. The first-order valence-corrected chi connectivity index (χ1v) is 5.50. The summed E-state index contributed by atoms with van der Waals surface area (Å²) >= 11 is 0. The Bertz CT molecular complexity index is 338. The van der Waals surface area contributed by atoms with E-state index in [9.17, 15) is 19.2 Å². The fourth-order valence-corrected chi connectivity index (χ4v) is 1.03. The van der Waals surface area contributed by atoms with Crippen LogP contribution >= 0.6 is 0 Å². The van der Waals surface area contributed by atoms with Crippen LogP contribution in [-0.2, 0) is 28.7 Å². The third-order valence-corrected chi connectivity index (χ3v) is 1.95. The van der Waals surface area contributed by atoms with E-state index in [0.717, 1.165) is 0 Å². The van der Waals surface area contributed by atoms with E-state index < -0.39 is 30.6 Å². The molecule has 0 aliphatic carbocycles. The third-order valence-electron chi connectivity index (χ3n) is 1.95. The van der Waals surface area contributed by atoms with Crippen LogP contribution in [0.2, 0.25) is 0 Å². The first-order chi connectivity index (χ1) is 8.36. The standard InChI is InChI=1S/C11H17NO6/c1-3-8(11(16)17-6-9(12)14)18-10(15)5-4-7(2)13/h8H,3-6H2,1-2H3,(H2,12,14). The van der Waals surface area contributed by atoms with Crippen LogP contribution in [0.4, 0.5) is 0 Å². The lowest BCUT2D eigenvalue weighted by Gasteiger charge is -2.14. The lowest BCUT2D eigenvalue weighted by molar-refractivity contribution is -0.169. The van der Waals surface area contributed by atoms with E-state index in [1.807, 2.05) is 0 Å². The number of amides is 1. The van der Waals surface area contributed by atoms with E-state index in [1.165, 1.54) is 6.92 Å². The molecule has 2 N–H and O–H groups in total. The molecule has 18 heavy (non-hydrogen) atoms. The Morgan fingerprint density at radius 2 is 1.78 bits per heavy atom. The summed E-state index contributed by atoms with van der Waals surface area (Å²) in [5.74, 6) is -2.42. The summed E-state index contributed by atoms with van der Waals surface area (Å²) in [5.41, 5.74) is 4.80. The molecule has 1 unspecified atom stereocenters. The molecule has 0 rings (SSSR count). The number of carbonyl (C=O) groups excluding carboxylic acids is 4. The van der Waals surface area contributed by atoms with Crippen molar-refractivity contribution in [3.05, 3.63) is 0 Å². The van der Waals surface area contributed by atoms with Crippen molar-refractivity contribution in [2.75, 3.05) is 6.61 Å². The molecule has 1 amide bonds. The second-order valence-electron chi connectivity index (χ2n) is 3.66. The molecular formula is C11H17NO6. The summed E-state index contributed by atoms with van der Waals surface area (Å²) in [6.07, 6.45) is -0.895. The molecule has 0 saturated heterocycles. The Morgan fingerprint density at radius 3 is 2.22 bits per heavy atom. The van der Waals surface area contributed by atoms with E-state index >= 15 is 0 Å². The molecule has 7 nitrogen and oxygen atoms in total. The SMILES string of the molecule is CCC(OC(=O)CCC(C)=O)C(=O)OCC(N)=O. The van der Waals surface area contributed by atoms with Crippen LogP contribution in [0.5, 0.6) is 0 Å². The van der Waals surface area contributed by atoms with Crippen molar-refractivity contribution in [1.29, 1.82) is 0 Å². The predicted octanol–water partition coefficient (Wildman–Crippen LogP) is -0.294. The number of nitrogens with two attached hydrogens (primary N) is 1. The first-order valence-electron chi connectivity index (χ1n) is 5.50. The summed E-state index contributed by atoms with van der Waals surface area (Å²) < 4.78 is 9.35. The van der Waals surface area contributed by atoms with Gasteiger partial charge in [-0.2, -0.15) is 0 Å². The fourth-order valence-electron chi connectivity index (χ4n) is 1.03. The van der Waals surface area contributed by atoms with Crippen molar-refractivity contribution < 1.29 is 28.7 Å².